The van der Waals surface area contributed by atoms with Gasteiger partial charge in [0.25, 0.3) is 0 Å². The summed E-state index contributed by atoms with van der Waals surface area (Å²) in [6.07, 6.45) is 2.84. The van der Waals surface area contributed by atoms with Crippen LogP contribution in [0.1, 0.15) is 11.1 Å². The van der Waals surface area contributed by atoms with Crippen LogP contribution in [0.5, 0.6) is 0 Å². The third-order valence-electron chi connectivity index (χ3n) is 1.85. The van der Waals surface area contributed by atoms with Crippen molar-refractivity contribution >= 4 is 15.9 Å². The van der Waals surface area contributed by atoms with Gasteiger partial charge in [0.2, 0.25) is 0 Å². The summed E-state index contributed by atoms with van der Waals surface area (Å²) in [4.78, 5) is 0.380. The van der Waals surface area contributed by atoms with E-state index < -0.39 is 9.84 Å². The van der Waals surface area contributed by atoms with Crippen molar-refractivity contribution in [1.29, 1.82) is 0 Å². The van der Waals surface area contributed by atoms with Crippen LogP contribution in [0.2, 0.25) is 0 Å². The molecule has 0 bridgehead atoms. The molecular weight excluding hydrogens is 184 g/mol. The van der Waals surface area contributed by atoms with Crippen LogP contribution in [0.25, 0.3) is 6.08 Å². The van der Waals surface area contributed by atoms with Gasteiger partial charge >= 0.3 is 0 Å². The minimum Gasteiger partial charge on any atom is -0.224 e. The lowest BCUT2D eigenvalue weighted by Gasteiger charge is -2.03. The predicted octanol–water partition coefficient (Wildman–Crippen LogP) is 2.04. The van der Waals surface area contributed by atoms with Crippen molar-refractivity contribution in [2.45, 2.75) is 11.8 Å². The van der Waals surface area contributed by atoms with Gasteiger partial charge in [0.05, 0.1) is 4.90 Å². The van der Waals surface area contributed by atoms with Crippen molar-refractivity contribution in [2.75, 3.05) is 6.26 Å². The summed E-state index contributed by atoms with van der Waals surface area (Å²) in [5, 5.41) is 0. The quantitative estimate of drug-likeness (QED) is 0.725. The number of benzene rings is 1. The van der Waals surface area contributed by atoms with Crippen molar-refractivity contribution < 1.29 is 8.42 Å². The lowest BCUT2D eigenvalue weighted by atomic mass is 10.1. The fraction of sp³-hybridized carbons (Fsp3) is 0.200. The van der Waals surface area contributed by atoms with Crippen molar-refractivity contribution in [3.63, 3.8) is 0 Å². The fourth-order valence-electron chi connectivity index (χ4n) is 1.14. The maximum Gasteiger partial charge on any atom is 0.175 e. The largest absolute Gasteiger partial charge is 0.224 e. The Morgan fingerprint density at radius 3 is 2.46 bits per heavy atom. The Morgan fingerprint density at radius 1 is 1.38 bits per heavy atom. The molecule has 3 heteroatoms. The van der Waals surface area contributed by atoms with E-state index in [4.69, 9.17) is 0 Å². The van der Waals surface area contributed by atoms with Crippen LogP contribution in [-0.2, 0) is 9.84 Å². The molecule has 0 aliphatic heterocycles. The molecule has 0 amide bonds. The standard InChI is InChI=1S/C10H12O2S/c1-4-9-6-5-8(2)10(7-9)13(3,11)12/h4-7H,1H2,2-3H3. The topological polar surface area (TPSA) is 34.1 Å². The first-order valence-electron chi connectivity index (χ1n) is 3.88. The highest BCUT2D eigenvalue weighted by atomic mass is 32.2. The highest BCUT2D eigenvalue weighted by Gasteiger charge is 2.10. The van der Waals surface area contributed by atoms with E-state index in [0.717, 1.165) is 11.1 Å². The van der Waals surface area contributed by atoms with Gasteiger partial charge in [-0.25, -0.2) is 8.42 Å². The summed E-state index contributed by atoms with van der Waals surface area (Å²) < 4.78 is 22.6. The fourth-order valence-corrected chi connectivity index (χ4v) is 2.15. The molecule has 0 saturated heterocycles. The first-order chi connectivity index (χ1) is 5.95. The van der Waals surface area contributed by atoms with E-state index in [1.807, 2.05) is 6.07 Å². The molecule has 0 N–H and O–H groups in total. The Bertz CT molecular complexity index is 430. The minimum absolute atomic E-state index is 0.380. The molecule has 0 fully saturated rings. The van der Waals surface area contributed by atoms with Crippen LogP contribution >= 0.6 is 0 Å². The van der Waals surface area contributed by atoms with E-state index in [-0.39, 0.29) is 0 Å². The third kappa shape index (κ3) is 2.18. The highest BCUT2D eigenvalue weighted by molar-refractivity contribution is 7.90. The minimum atomic E-state index is -3.11. The smallest absolute Gasteiger partial charge is 0.175 e. The monoisotopic (exact) mass is 196 g/mol. The Kier molecular flexibility index (Phi) is 2.57. The van der Waals surface area contributed by atoms with E-state index in [1.165, 1.54) is 6.26 Å². The van der Waals surface area contributed by atoms with Gasteiger partial charge in [-0.05, 0) is 24.1 Å². The molecule has 0 unspecified atom stereocenters. The second-order valence-electron chi connectivity index (χ2n) is 3.00. The predicted molar refractivity (Wildman–Crippen MR) is 54.4 cm³/mol. The third-order valence-corrected chi connectivity index (χ3v) is 3.09. The molecule has 0 saturated carbocycles. The molecule has 1 rings (SSSR count). The summed E-state index contributed by atoms with van der Waals surface area (Å²) in [6, 6.07) is 5.27. The Balaban J connectivity index is 3.44. The Labute approximate surface area is 78.8 Å². The summed E-state index contributed by atoms with van der Waals surface area (Å²) in [7, 11) is -3.11. The van der Waals surface area contributed by atoms with E-state index in [0.29, 0.717) is 4.90 Å². The van der Waals surface area contributed by atoms with Crippen molar-refractivity contribution in [3.8, 4) is 0 Å². The lowest BCUT2D eigenvalue weighted by molar-refractivity contribution is 0.601. The van der Waals surface area contributed by atoms with Crippen molar-refractivity contribution in [3.05, 3.63) is 35.9 Å². The first kappa shape index (κ1) is 9.99. The van der Waals surface area contributed by atoms with E-state index in [9.17, 15) is 8.42 Å². The van der Waals surface area contributed by atoms with Gasteiger partial charge < -0.3 is 0 Å². The maximum absolute atomic E-state index is 11.3. The average molecular weight is 196 g/mol. The molecule has 0 aliphatic rings. The zero-order valence-electron chi connectivity index (χ0n) is 7.74. The number of sulfone groups is 1. The molecule has 13 heavy (non-hydrogen) atoms. The van der Waals surface area contributed by atoms with E-state index >= 15 is 0 Å². The Hall–Kier alpha value is -1.09. The van der Waals surface area contributed by atoms with Gasteiger partial charge in [0.1, 0.15) is 0 Å². The van der Waals surface area contributed by atoms with Gasteiger partial charge in [-0.15, -0.1) is 0 Å². The van der Waals surface area contributed by atoms with Gasteiger partial charge in [0.15, 0.2) is 9.84 Å². The first-order valence-corrected chi connectivity index (χ1v) is 5.77. The second-order valence-corrected chi connectivity index (χ2v) is 4.99. The van der Waals surface area contributed by atoms with E-state index in [1.54, 1.807) is 25.1 Å². The van der Waals surface area contributed by atoms with Crippen molar-refractivity contribution in [2.24, 2.45) is 0 Å². The molecule has 0 radical (unpaired) electrons. The molecule has 0 atom stereocenters. The zero-order valence-corrected chi connectivity index (χ0v) is 8.56. The van der Waals surface area contributed by atoms with Gasteiger partial charge in [-0.3, -0.25) is 0 Å². The molecular formula is C10H12O2S. The summed E-state index contributed by atoms with van der Waals surface area (Å²) in [5.74, 6) is 0. The SMILES string of the molecule is C=Cc1ccc(C)c(S(C)(=O)=O)c1. The van der Waals surface area contributed by atoms with Crippen molar-refractivity contribution in [1.82, 2.24) is 0 Å². The lowest BCUT2D eigenvalue weighted by Crippen LogP contribution is -2.00. The van der Waals surface area contributed by atoms with Crippen LogP contribution in [-0.4, -0.2) is 14.7 Å². The van der Waals surface area contributed by atoms with Crippen LogP contribution in [0.3, 0.4) is 0 Å². The van der Waals surface area contributed by atoms with E-state index in [2.05, 4.69) is 6.58 Å². The second kappa shape index (κ2) is 3.34. The van der Waals surface area contributed by atoms with Crippen LogP contribution in [0, 0.1) is 6.92 Å². The zero-order chi connectivity index (χ0) is 10.1. The molecule has 1 aromatic carbocycles. The summed E-state index contributed by atoms with van der Waals surface area (Å²) in [5.41, 5.74) is 1.60. The molecule has 70 valence electrons. The molecule has 0 aliphatic carbocycles. The highest BCUT2D eigenvalue weighted by Crippen LogP contribution is 2.17. The van der Waals surface area contributed by atoms with Crippen LogP contribution < -0.4 is 0 Å². The van der Waals surface area contributed by atoms with Crippen LogP contribution in [0.4, 0.5) is 0 Å². The normalized spacial score (nSPS) is 11.2. The number of aryl methyl sites for hydroxylation is 1. The molecule has 0 spiro atoms. The summed E-state index contributed by atoms with van der Waals surface area (Å²) in [6.45, 7) is 5.37. The van der Waals surface area contributed by atoms with Gasteiger partial charge in [-0.2, -0.15) is 0 Å². The number of rotatable bonds is 2. The molecule has 0 aromatic heterocycles. The molecule has 0 heterocycles. The Morgan fingerprint density at radius 2 is 2.00 bits per heavy atom. The average Bonchev–Trinajstić information content (AvgIpc) is 2.03. The molecule has 1 aromatic rings. The number of hydrogen-bond donors (Lipinski definition) is 0. The maximum atomic E-state index is 11.3. The summed E-state index contributed by atoms with van der Waals surface area (Å²) >= 11 is 0. The van der Waals surface area contributed by atoms with Crippen LogP contribution in [0.15, 0.2) is 29.7 Å². The van der Waals surface area contributed by atoms with Gasteiger partial charge in [0, 0.05) is 6.26 Å². The van der Waals surface area contributed by atoms with Gasteiger partial charge in [-0.1, -0.05) is 24.8 Å². The number of hydrogen-bond acceptors (Lipinski definition) is 2. The molecule has 2 nitrogen and oxygen atoms in total.